The Kier molecular flexibility index (Phi) is 7.28. The molecule has 172 valence electrons. The summed E-state index contributed by atoms with van der Waals surface area (Å²) in [7, 11) is 1.79. The van der Waals surface area contributed by atoms with E-state index in [-0.39, 0.29) is 5.57 Å². The fourth-order valence-corrected chi connectivity index (χ4v) is 7.15. The van der Waals surface area contributed by atoms with E-state index in [1.807, 2.05) is 54.9 Å². The Morgan fingerprint density at radius 3 is 2.48 bits per heavy atom. The van der Waals surface area contributed by atoms with Crippen LogP contribution < -0.4 is 0 Å². The first-order chi connectivity index (χ1) is 15.7. The minimum Gasteiger partial charge on any atom is -0.228 e. The van der Waals surface area contributed by atoms with Crippen molar-refractivity contribution < 1.29 is 13.2 Å². The van der Waals surface area contributed by atoms with Crippen LogP contribution in [0.4, 0.5) is 13.2 Å². The van der Waals surface area contributed by atoms with Crippen LogP contribution in [-0.4, -0.2) is 11.3 Å². The van der Waals surface area contributed by atoms with Crippen LogP contribution in [0.25, 0.3) is 20.2 Å². The van der Waals surface area contributed by atoms with Crippen LogP contribution in [0.15, 0.2) is 76.5 Å². The van der Waals surface area contributed by atoms with Crippen molar-refractivity contribution in [2.45, 2.75) is 31.6 Å². The fourth-order valence-electron chi connectivity index (χ4n) is 3.82. The molecular weight excluding hydrogens is 517 g/mol. The van der Waals surface area contributed by atoms with Crippen molar-refractivity contribution in [1.29, 1.82) is 0 Å². The third kappa shape index (κ3) is 4.76. The smallest absolute Gasteiger partial charge is 0.228 e. The molecule has 0 fully saturated rings. The molecule has 1 aliphatic carbocycles. The quantitative estimate of drug-likeness (QED) is 0.180. The first-order valence-corrected chi connectivity index (χ1v) is 13.8. The zero-order valence-electron chi connectivity index (χ0n) is 17.9. The molecule has 33 heavy (non-hydrogen) atoms. The molecule has 1 aliphatic rings. The van der Waals surface area contributed by atoms with Crippen LogP contribution in [0.1, 0.15) is 28.7 Å². The molecule has 3 aromatic rings. The summed E-state index contributed by atoms with van der Waals surface area (Å²) in [6.07, 6.45) is 6.23. The van der Waals surface area contributed by atoms with E-state index in [2.05, 4.69) is 12.6 Å². The average Bonchev–Trinajstić information content (AvgIpc) is 3.53. The van der Waals surface area contributed by atoms with E-state index in [1.54, 1.807) is 56.2 Å². The van der Waals surface area contributed by atoms with Crippen molar-refractivity contribution in [3.63, 3.8) is 0 Å². The zero-order valence-corrected chi connectivity index (χ0v) is 22.4. The lowest BCUT2D eigenvalue weighted by Crippen LogP contribution is -2.35. The normalized spacial score (nSPS) is 21.5. The molecular formula is C25H22F3PS4. The molecule has 8 heteroatoms. The van der Waals surface area contributed by atoms with E-state index in [0.717, 1.165) is 19.5 Å². The Hall–Kier alpha value is -1.37. The van der Waals surface area contributed by atoms with E-state index in [4.69, 9.17) is 0 Å². The number of aryl methyl sites for hydroxylation is 1. The van der Waals surface area contributed by atoms with E-state index in [9.17, 15) is 0 Å². The second-order valence-corrected chi connectivity index (χ2v) is 12.1. The van der Waals surface area contributed by atoms with Gasteiger partial charge in [-0.15, -0.1) is 46.6 Å². The van der Waals surface area contributed by atoms with Gasteiger partial charge >= 0.3 is 0 Å². The van der Waals surface area contributed by atoms with Gasteiger partial charge in [-0.25, -0.2) is 13.2 Å². The molecule has 2 unspecified atom stereocenters. The standard InChI is InChI=1S/C25H22F3PS4/c1-3-4-7-16(12-19(30)20-8-5-10-31-20)23-18(14-24(26,27)25(23,28)29)17-13-22(33-15(17)2)21-9-6-11-32-21/h3-13,30H,14,29H2,1-2H3/b4-3+,16-7-,19-12-. The number of halogens is 3. The summed E-state index contributed by atoms with van der Waals surface area (Å²) in [6.45, 7) is 3.73. The van der Waals surface area contributed by atoms with Gasteiger partial charge in [0.05, 0.1) is 0 Å². The van der Waals surface area contributed by atoms with Gasteiger partial charge in [-0.05, 0) is 65.6 Å². The summed E-state index contributed by atoms with van der Waals surface area (Å²) in [5.74, 6) is -3.55. The van der Waals surface area contributed by atoms with Crippen molar-refractivity contribution >= 4 is 66.4 Å². The number of hydrogen-bond acceptors (Lipinski definition) is 4. The van der Waals surface area contributed by atoms with E-state index in [1.165, 1.54) is 11.3 Å². The van der Waals surface area contributed by atoms with Crippen LogP contribution in [0.5, 0.6) is 0 Å². The van der Waals surface area contributed by atoms with Crippen molar-refractivity contribution in [2.75, 3.05) is 0 Å². The van der Waals surface area contributed by atoms with Gasteiger partial charge in [0.2, 0.25) is 5.41 Å². The highest BCUT2D eigenvalue weighted by Crippen LogP contribution is 2.59. The number of alkyl halides is 3. The molecule has 0 saturated carbocycles. The maximum absolute atomic E-state index is 15.9. The van der Waals surface area contributed by atoms with Crippen LogP contribution in [-0.2, 0) is 0 Å². The zero-order chi connectivity index (χ0) is 23.8. The van der Waals surface area contributed by atoms with Crippen LogP contribution in [0, 0.1) is 6.92 Å². The third-order valence-corrected chi connectivity index (χ3v) is 9.68. The number of thiophene rings is 3. The molecule has 0 spiro atoms. The van der Waals surface area contributed by atoms with E-state index < -0.39 is 17.8 Å². The van der Waals surface area contributed by atoms with E-state index in [0.29, 0.717) is 21.6 Å². The number of allylic oxidation sites excluding steroid dienone is 7. The van der Waals surface area contributed by atoms with Crippen LogP contribution in [0.3, 0.4) is 0 Å². The van der Waals surface area contributed by atoms with Gasteiger partial charge in [-0.2, -0.15) is 0 Å². The molecule has 0 N–H and O–H groups in total. The molecule has 0 radical (unpaired) electrons. The van der Waals surface area contributed by atoms with Crippen molar-refractivity contribution in [3.8, 4) is 9.75 Å². The largest absolute Gasteiger partial charge is 0.292 e. The van der Waals surface area contributed by atoms with E-state index >= 15 is 13.2 Å². The Morgan fingerprint density at radius 2 is 1.85 bits per heavy atom. The predicted molar refractivity (Wildman–Crippen MR) is 147 cm³/mol. The summed E-state index contributed by atoms with van der Waals surface area (Å²) in [4.78, 5) is 4.44. The van der Waals surface area contributed by atoms with Gasteiger partial charge in [0.15, 0.2) is 0 Å². The maximum atomic E-state index is 15.9. The number of rotatable bonds is 6. The summed E-state index contributed by atoms with van der Waals surface area (Å²) in [6, 6.07) is 9.67. The Bertz CT molecular complexity index is 1260. The monoisotopic (exact) mass is 538 g/mol. The topological polar surface area (TPSA) is 0 Å². The van der Waals surface area contributed by atoms with Crippen LogP contribution in [0.2, 0.25) is 0 Å². The fraction of sp³-hybridized carbons (Fsp3) is 0.200. The molecule has 0 aliphatic heterocycles. The van der Waals surface area contributed by atoms with Gasteiger partial charge in [-0.3, -0.25) is 0 Å². The highest BCUT2D eigenvalue weighted by molar-refractivity contribution is 7.90. The highest BCUT2D eigenvalue weighted by Gasteiger charge is 2.60. The van der Waals surface area contributed by atoms with Crippen molar-refractivity contribution in [1.82, 2.24) is 0 Å². The molecule has 0 nitrogen and oxygen atoms in total. The second-order valence-electron chi connectivity index (χ2n) is 7.66. The lowest BCUT2D eigenvalue weighted by atomic mass is 9.95. The highest BCUT2D eigenvalue weighted by atomic mass is 32.1. The molecule has 3 aromatic heterocycles. The van der Waals surface area contributed by atoms with Gasteiger partial charge in [0.1, 0.15) is 0 Å². The molecule has 0 saturated heterocycles. The Balaban J connectivity index is 1.93. The molecule has 0 bridgehead atoms. The number of hydrogen-bond donors (Lipinski definition) is 1. The minimum absolute atomic E-state index is 0.00247. The molecule has 2 atom stereocenters. The summed E-state index contributed by atoms with van der Waals surface area (Å²) in [5, 5.41) is 1.00. The molecule has 3 heterocycles. The SMILES string of the molecule is C/C=C/C=C(/C=C(\S)c1cccs1)C1=C(c2cc(-c3cccs3)sc2C)CC(F)(F)C1(F)P. The number of thiol groups is 1. The second kappa shape index (κ2) is 9.71. The average molecular weight is 539 g/mol. The minimum atomic E-state index is -3.55. The predicted octanol–water partition coefficient (Wildman–Crippen LogP) is 9.65. The first kappa shape index (κ1) is 24.7. The van der Waals surface area contributed by atoms with Crippen LogP contribution >= 0.6 is 55.9 Å². The lowest BCUT2D eigenvalue weighted by Gasteiger charge is -2.26. The Morgan fingerprint density at radius 1 is 1.12 bits per heavy atom. The Labute approximate surface area is 211 Å². The van der Waals surface area contributed by atoms with Gasteiger partial charge < -0.3 is 0 Å². The maximum Gasteiger partial charge on any atom is 0.292 e. The summed E-state index contributed by atoms with van der Waals surface area (Å²) >= 11 is 9.22. The van der Waals surface area contributed by atoms with Gasteiger partial charge in [-0.1, -0.05) is 39.6 Å². The van der Waals surface area contributed by atoms with Crippen molar-refractivity contribution in [3.05, 3.63) is 91.9 Å². The van der Waals surface area contributed by atoms with Gasteiger partial charge in [0.25, 0.3) is 5.92 Å². The molecule has 0 aromatic carbocycles. The van der Waals surface area contributed by atoms with Crippen molar-refractivity contribution in [2.24, 2.45) is 0 Å². The summed E-state index contributed by atoms with van der Waals surface area (Å²) < 4.78 is 46.1. The molecule has 0 amide bonds. The molecule has 4 rings (SSSR count). The first-order valence-electron chi connectivity index (χ1n) is 10.2. The summed E-state index contributed by atoms with van der Waals surface area (Å²) in [5.41, 5.74) is 1.40. The third-order valence-electron chi connectivity index (χ3n) is 5.43. The lowest BCUT2D eigenvalue weighted by molar-refractivity contribution is -0.0595. The van der Waals surface area contributed by atoms with Gasteiger partial charge in [0, 0.05) is 36.4 Å².